The first-order valence-corrected chi connectivity index (χ1v) is 5.75. The number of aromatic nitrogens is 1. The molecule has 0 radical (unpaired) electrons. The number of nitrogens with zero attached hydrogens (tertiary/aromatic N) is 1. The van der Waals surface area contributed by atoms with Gasteiger partial charge in [-0.3, -0.25) is 0 Å². The summed E-state index contributed by atoms with van der Waals surface area (Å²) in [4.78, 5) is 5.25. The molecule has 2 aromatic rings. The summed E-state index contributed by atoms with van der Waals surface area (Å²) in [6, 6.07) is 4.03. The van der Waals surface area contributed by atoms with Crippen LogP contribution in [-0.2, 0) is 6.54 Å². The highest BCUT2D eigenvalue weighted by atomic mass is 79.9. The van der Waals surface area contributed by atoms with Crippen molar-refractivity contribution in [3.8, 4) is 10.6 Å². The van der Waals surface area contributed by atoms with Crippen molar-refractivity contribution in [1.82, 2.24) is 10.3 Å². The highest BCUT2D eigenvalue weighted by molar-refractivity contribution is 9.11. The smallest absolute Gasteiger partial charge is 0.181 e. The molecule has 2 heterocycles. The van der Waals surface area contributed by atoms with E-state index in [1.165, 1.54) is 6.39 Å². The normalized spacial score (nSPS) is 10.7. The van der Waals surface area contributed by atoms with E-state index in [2.05, 4.69) is 26.2 Å². The van der Waals surface area contributed by atoms with Gasteiger partial charge in [0.1, 0.15) is 5.69 Å². The molecular weight excluding hydrogens is 264 g/mol. The van der Waals surface area contributed by atoms with Gasteiger partial charge in [-0.2, -0.15) is 0 Å². The van der Waals surface area contributed by atoms with Crippen LogP contribution in [0.3, 0.4) is 0 Å². The Morgan fingerprint density at radius 1 is 1.57 bits per heavy atom. The van der Waals surface area contributed by atoms with E-state index in [-0.39, 0.29) is 0 Å². The van der Waals surface area contributed by atoms with Gasteiger partial charge in [0.15, 0.2) is 12.2 Å². The van der Waals surface area contributed by atoms with Gasteiger partial charge in [-0.1, -0.05) is 0 Å². The summed E-state index contributed by atoms with van der Waals surface area (Å²) in [7, 11) is 1.89. The van der Waals surface area contributed by atoms with Crippen LogP contribution in [0.15, 0.2) is 26.7 Å². The number of hydrogen-bond acceptors (Lipinski definition) is 4. The monoisotopic (exact) mass is 272 g/mol. The number of hydrogen-bond donors (Lipinski definition) is 1. The third-order valence-electron chi connectivity index (χ3n) is 1.78. The van der Waals surface area contributed by atoms with Gasteiger partial charge in [-0.25, -0.2) is 4.98 Å². The van der Waals surface area contributed by atoms with Crippen LogP contribution in [0.5, 0.6) is 0 Å². The molecule has 0 aliphatic carbocycles. The summed E-state index contributed by atoms with van der Waals surface area (Å²) in [6.07, 6.45) is 1.48. The van der Waals surface area contributed by atoms with Crippen LogP contribution in [0.4, 0.5) is 0 Å². The van der Waals surface area contributed by atoms with Gasteiger partial charge in [0.25, 0.3) is 0 Å². The predicted octanol–water partition coefficient (Wildman–Crippen LogP) is 2.89. The highest BCUT2D eigenvalue weighted by Crippen LogP contribution is 2.32. The van der Waals surface area contributed by atoms with Gasteiger partial charge in [0, 0.05) is 6.54 Å². The van der Waals surface area contributed by atoms with Gasteiger partial charge in [-0.15, -0.1) is 11.3 Å². The highest BCUT2D eigenvalue weighted by Gasteiger charge is 2.11. The fraction of sp³-hybridized carbons (Fsp3) is 0.222. The maximum absolute atomic E-state index is 5.36. The SMILES string of the molecule is CNCc1ncoc1-c1ccc(Br)s1. The van der Waals surface area contributed by atoms with Crippen molar-refractivity contribution in [2.45, 2.75) is 6.54 Å². The lowest BCUT2D eigenvalue weighted by Crippen LogP contribution is -2.05. The van der Waals surface area contributed by atoms with E-state index >= 15 is 0 Å². The van der Waals surface area contributed by atoms with E-state index in [1.54, 1.807) is 11.3 Å². The van der Waals surface area contributed by atoms with E-state index in [0.717, 1.165) is 26.7 Å². The van der Waals surface area contributed by atoms with E-state index < -0.39 is 0 Å². The lowest BCUT2D eigenvalue weighted by atomic mass is 10.3. The first-order valence-electron chi connectivity index (χ1n) is 4.14. The van der Waals surface area contributed by atoms with Crippen molar-refractivity contribution in [3.63, 3.8) is 0 Å². The summed E-state index contributed by atoms with van der Waals surface area (Å²) in [5.41, 5.74) is 0.946. The lowest BCUT2D eigenvalue weighted by molar-refractivity contribution is 0.571. The number of oxazole rings is 1. The second-order valence-corrected chi connectivity index (χ2v) is 5.23. The van der Waals surface area contributed by atoms with Crippen molar-refractivity contribution in [1.29, 1.82) is 0 Å². The topological polar surface area (TPSA) is 38.1 Å². The molecule has 1 N–H and O–H groups in total. The average molecular weight is 273 g/mol. The Balaban J connectivity index is 2.36. The van der Waals surface area contributed by atoms with Crippen molar-refractivity contribution in [3.05, 3.63) is 28.0 Å². The number of halogens is 1. The molecule has 0 fully saturated rings. The zero-order valence-electron chi connectivity index (χ0n) is 7.58. The molecule has 0 saturated heterocycles. The third kappa shape index (κ3) is 1.89. The molecule has 14 heavy (non-hydrogen) atoms. The molecule has 3 nitrogen and oxygen atoms in total. The second kappa shape index (κ2) is 4.25. The maximum Gasteiger partial charge on any atom is 0.181 e. The van der Waals surface area contributed by atoms with Crippen molar-refractivity contribution < 1.29 is 4.42 Å². The molecule has 0 saturated carbocycles. The quantitative estimate of drug-likeness (QED) is 0.934. The average Bonchev–Trinajstić information content (AvgIpc) is 2.74. The number of nitrogens with one attached hydrogen (secondary N) is 1. The maximum atomic E-state index is 5.36. The van der Waals surface area contributed by atoms with Crippen molar-refractivity contribution in [2.75, 3.05) is 7.05 Å². The van der Waals surface area contributed by atoms with Crippen LogP contribution in [-0.4, -0.2) is 12.0 Å². The number of rotatable bonds is 3. The molecule has 0 spiro atoms. The van der Waals surface area contributed by atoms with Crippen molar-refractivity contribution in [2.24, 2.45) is 0 Å². The number of thiophene rings is 1. The third-order valence-corrected chi connectivity index (χ3v) is 3.40. The largest absolute Gasteiger partial charge is 0.442 e. The van der Waals surface area contributed by atoms with Gasteiger partial charge in [-0.05, 0) is 35.1 Å². The molecule has 0 bridgehead atoms. The zero-order valence-corrected chi connectivity index (χ0v) is 9.98. The molecule has 5 heteroatoms. The summed E-state index contributed by atoms with van der Waals surface area (Å²) >= 11 is 5.06. The van der Waals surface area contributed by atoms with Crippen LogP contribution in [0, 0.1) is 0 Å². The van der Waals surface area contributed by atoms with Crippen LogP contribution in [0.25, 0.3) is 10.6 Å². The molecule has 0 unspecified atom stereocenters. The predicted molar refractivity (Wildman–Crippen MR) is 60.3 cm³/mol. The van der Waals surface area contributed by atoms with Crippen LogP contribution < -0.4 is 5.32 Å². The van der Waals surface area contributed by atoms with Gasteiger partial charge < -0.3 is 9.73 Å². The van der Waals surface area contributed by atoms with Gasteiger partial charge in [0.05, 0.1) is 8.66 Å². The minimum absolute atomic E-state index is 0.724. The molecule has 0 amide bonds. The Morgan fingerprint density at radius 2 is 2.43 bits per heavy atom. The molecule has 0 aliphatic rings. The summed E-state index contributed by atoms with van der Waals surface area (Å²) in [5, 5.41) is 3.06. The minimum atomic E-state index is 0.724. The molecule has 0 aromatic carbocycles. The molecule has 2 rings (SSSR count). The molecule has 2 aromatic heterocycles. The summed E-state index contributed by atoms with van der Waals surface area (Å²) in [6.45, 7) is 0.724. The van der Waals surface area contributed by atoms with Crippen LogP contribution in [0.2, 0.25) is 0 Å². The van der Waals surface area contributed by atoms with Crippen LogP contribution in [0.1, 0.15) is 5.69 Å². The second-order valence-electron chi connectivity index (χ2n) is 2.76. The summed E-state index contributed by atoms with van der Waals surface area (Å²) < 4.78 is 6.45. The Bertz CT molecular complexity index is 424. The molecule has 74 valence electrons. The fourth-order valence-electron chi connectivity index (χ4n) is 1.20. The molecular formula is C9H9BrN2OS. The Hall–Kier alpha value is -0.650. The molecule has 0 atom stereocenters. The van der Waals surface area contributed by atoms with Gasteiger partial charge >= 0.3 is 0 Å². The first kappa shape index (κ1) is 9.89. The zero-order chi connectivity index (χ0) is 9.97. The Labute approximate surface area is 94.3 Å². The van der Waals surface area contributed by atoms with Gasteiger partial charge in [0.2, 0.25) is 0 Å². The van der Waals surface area contributed by atoms with E-state index in [0.29, 0.717) is 0 Å². The van der Waals surface area contributed by atoms with Crippen LogP contribution >= 0.6 is 27.3 Å². The Morgan fingerprint density at radius 3 is 3.07 bits per heavy atom. The molecule has 0 aliphatic heterocycles. The van der Waals surface area contributed by atoms with Crippen molar-refractivity contribution >= 4 is 27.3 Å². The minimum Gasteiger partial charge on any atom is -0.442 e. The first-order chi connectivity index (χ1) is 6.81. The van der Waals surface area contributed by atoms with E-state index in [1.807, 2.05) is 19.2 Å². The Kier molecular flexibility index (Phi) is 3.00. The lowest BCUT2D eigenvalue weighted by Gasteiger charge is -1.96. The van der Waals surface area contributed by atoms with E-state index in [4.69, 9.17) is 4.42 Å². The van der Waals surface area contributed by atoms with E-state index in [9.17, 15) is 0 Å². The fourth-order valence-corrected chi connectivity index (χ4v) is 2.60. The summed E-state index contributed by atoms with van der Waals surface area (Å²) in [5.74, 6) is 0.857. The standard InChI is InChI=1S/C9H9BrN2OS/c1-11-4-6-9(13-5-12-6)7-2-3-8(10)14-7/h2-3,5,11H,4H2,1H3.